The number of anilines is 1. The molecular formula is C30H24N2. The Balaban J connectivity index is 1.37. The number of allylic oxidation sites excluding steroid dienone is 2. The van der Waals surface area contributed by atoms with Gasteiger partial charge in [-0.05, 0) is 60.0 Å². The molecule has 0 amide bonds. The van der Waals surface area contributed by atoms with Crippen LogP contribution >= 0.6 is 0 Å². The number of nitrogens with one attached hydrogen (secondary N) is 1. The number of nitrogens with zero attached hydrogens (tertiary/aromatic N) is 1. The molecule has 1 heterocycles. The molecule has 0 radical (unpaired) electrons. The van der Waals surface area contributed by atoms with Crippen molar-refractivity contribution in [1.82, 2.24) is 4.57 Å². The molecule has 0 spiro atoms. The Labute approximate surface area is 188 Å². The van der Waals surface area contributed by atoms with Gasteiger partial charge < -0.3 is 9.88 Å². The highest BCUT2D eigenvalue weighted by Crippen LogP contribution is 2.34. The summed E-state index contributed by atoms with van der Waals surface area (Å²) in [6, 6.07) is 36.9. The molecule has 0 saturated heterocycles. The minimum atomic E-state index is 0.324. The molecule has 1 atom stereocenters. The first-order chi connectivity index (χ1) is 15.9. The van der Waals surface area contributed by atoms with Crippen LogP contribution in [0.4, 0.5) is 5.69 Å². The predicted octanol–water partition coefficient (Wildman–Crippen LogP) is 7.61. The van der Waals surface area contributed by atoms with Gasteiger partial charge >= 0.3 is 0 Å². The Bertz CT molecular complexity index is 1460. The Hall–Kier alpha value is -4.04. The Morgan fingerprint density at radius 3 is 2.19 bits per heavy atom. The van der Waals surface area contributed by atoms with E-state index < -0.39 is 0 Å². The Morgan fingerprint density at radius 2 is 1.41 bits per heavy atom. The summed E-state index contributed by atoms with van der Waals surface area (Å²) in [4.78, 5) is 0. The maximum absolute atomic E-state index is 3.59. The van der Waals surface area contributed by atoms with Crippen LogP contribution in [0.2, 0.25) is 0 Å². The summed E-state index contributed by atoms with van der Waals surface area (Å²) in [5.41, 5.74) is 7.39. The van der Waals surface area contributed by atoms with E-state index in [-0.39, 0.29) is 0 Å². The molecule has 5 aromatic rings. The van der Waals surface area contributed by atoms with Crippen molar-refractivity contribution in [3.05, 3.63) is 127 Å². The summed E-state index contributed by atoms with van der Waals surface area (Å²) < 4.78 is 2.36. The molecule has 4 aromatic carbocycles. The first-order valence-electron chi connectivity index (χ1n) is 11.2. The van der Waals surface area contributed by atoms with Gasteiger partial charge in [0, 0.05) is 28.2 Å². The molecule has 0 bridgehead atoms. The van der Waals surface area contributed by atoms with Gasteiger partial charge in [-0.1, -0.05) is 78.9 Å². The molecule has 1 N–H and O–H groups in total. The van der Waals surface area contributed by atoms with Gasteiger partial charge in [-0.2, -0.15) is 0 Å². The molecule has 6 rings (SSSR count). The fraction of sp³-hybridized carbons (Fsp3) is 0.0667. The van der Waals surface area contributed by atoms with Gasteiger partial charge in [-0.15, -0.1) is 0 Å². The summed E-state index contributed by atoms with van der Waals surface area (Å²) in [6.07, 6.45) is 7.85. The highest BCUT2D eigenvalue weighted by atomic mass is 15.0. The van der Waals surface area contributed by atoms with Gasteiger partial charge in [0.2, 0.25) is 0 Å². The molecule has 1 aromatic heterocycles. The van der Waals surface area contributed by atoms with Crippen molar-refractivity contribution in [1.29, 1.82) is 0 Å². The van der Waals surface area contributed by atoms with E-state index in [4.69, 9.17) is 0 Å². The standard InChI is InChI=1S/C30H24N2/c1-3-9-24(10-4-1)31-25-18-15-22(16-19-25)23-17-20-30-28(21-23)27-13-7-8-14-29(27)32(30)26-11-5-2-6-12-26/h1-18,20-21,25,31H,19H2. The van der Waals surface area contributed by atoms with E-state index in [1.165, 1.54) is 38.6 Å². The van der Waals surface area contributed by atoms with Crippen LogP contribution in [0.5, 0.6) is 0 Å². The van der Waals surface area contributed by atoms with Gasteiger partial charge in [-0.3, -0.25) is 0 Å². The van der Waals surface area contributed by atoms with E-state index in [1.54, 1.807) is 0 Å². The van der Waals surface area contributed by atoms with E-state index in [9.17, 15) is 0 Å². The Kier molecular flexibility index (Phi) is 4.62. The number of benzene rings is 4. The number of hydrogen-bond acceptors (Lipinski definition) is 1. The summed E-state index contributed by atoms with van der Waals surface area (Å²) in [6.45, 7) is 0. The summed E-state index contributed by atoms with van der Waals surface area (Å²) in [5, 5.41) is 6.17. The summed E-state index contributed by atoms with van der Waals surface area (Å²) in [5.74, 6) is 0. The number of para-hydroxylation sites is 3. The minimum absolute atomic E-state index is 0.324. The van der Waals surface area contributed by atoms with Crippen LogP contribution in [0.1, 0.15) is 12.0 Å². The van der Waals surface area contributed by atoms with Crippen LogP contribution in [-0.4, -0.2) is 10.6 Å². The lowest BCUT2D eigenvalue weighted by molar-refractivity contribution is 0.886. The SMILES string of the molecule is C1=CC(Nc2ccccc2)CC=C1c1ccc2c(c1)c1ccccc1n2-c1ccccc1. The van der Waals surface area contributed by atoms with E-state index in [2.05, 4.69) is 125 Å². The molecule has 2 heteroatoms. The van der Waals surface area contributed by atoms with Crippen molar-refractivity contribution < 1.29 is 0 Å². The van der Waals surface area contributed by atoms with Crippen molar-refractivity contribution in [2.45, 2.75) is 12.5 Å². The quantitative estimate of drug-likeness (QED) is 0.321. The molecule has 0 fully saturated rings. The van der Waals surface area contributed by atoms with Gasteiger partial charge in [0.05, 0.1) is 11.0 Å². The average Bonchev–Trinajstić information content (AvgIpc) is 3.19. The third-order valence-corrected chi connectivity index (χ3v) is 6.25. The molecule has 2 nitrogen and oxygen atoms in total. The predicted molar refractivity (Wildman–Crippen MR) is 136 cm³/mol. The fourth-order valence-electron chi connectivity index (χ4n) is 4.70. The van der Waals surface area contributed by atoms with Crippen LogP contribution in [0.15, 0.2) is 121 Å². The highest BCUT2D eigenvalue weighted by Gasteiger charge is 2.14. The first kappa shape index (κ1) is 18.7. The van der Waals surface area contributed by atoms with E-state index in [0.717, 1.165) is 12.1 Å². The van der Waals surface area contributed by atoms with Crippen molar-refractivity contribution in [3.8, 4) is 5.69 Å². The largest absolute Gasteiger partial charge is 0.379 e. The van der Waals surface area contributed by atoms with Crippen molar-refractivity contribution >= 4 is 33.1 Å². The minimum Gasteiger partial charge on any atom is -0.379 e. The topological polar surface area (TPSA) is 17.0 Å². The molecule has 1 aliphatic carbocycles. The number of rotatable bonds is 4. The van der Waals surface area contributed by atoms with Crippen molar-refractivity contribution in [3.63, 3.8) is 0 Å². The molecule has 0 saturated carbocycles. The smallest absolute Gasteiger partial charge is 0.0541 e. The van der Waals surface area contributed by atoms with Crippen LogP contribution in [0, 0.1) is 0 Å². The lowest BCUT2D eigenvalue weighted by Gasteiger charge is -2.19. The van der Waals surface area contributed by atoms with Gasteiger partial charge in [0.1, 0.15) is 0 Å². The normalized spacial score (nSPS) is 15.8. The summed E-state index contributed by atoms with van der Waals surface area (Å²) >= 11 is 0. The second-order valence-corrected chi connectivity index (χ2v) is 8.29. The van der Waals surface area contributed by atoms with Crippen molar-refractivity contribution in [2.24, 2.45) is 0 Å². The highest BCUT2D eigenvalue weighted by molar-refractivity contribution is 6.10. The second-order valence-electron chi connectivity index (χ2n) is 8.29. The third kappa shape index (κ3) is 3.30. The van der Waals surface area contributed by atoms with Gasteiger partial charge in [0.15, 0.2) is 0 Å². The number of fused-ring (bicyclic) bond motifs is 3. The molecule has 1 aliphatic rings. The molecule has 1 unspecified atom stereocenters. The van der Waals surface area contributed by atoms with Crippen LogP contribution in [0.25, 0.3) is 33.1 Å². The maximum atomic E-state index is 3.59. The van der Waals surface area contributed by atoms with E-state index in [0.29, 0.717) is 6.04 Å². The zero-order valence-corrected chi connectivity index (χ0v) is 17.8. The Morgan fingerprint density at radius 1 is 0.688 bits per heavy atom. The maximum Gasteiger partial charge on any atom is 0.0541 e. The van der Waals surface area contributed by atoms with Crippen LogP contribution in [0.3, 0.4) is 0 Å². The van der Waals surface area contributed by atoms with Gasteiger partial charge in [0.25, 0.3) is 0 Å². The second kappa shape index (κ2) is 7.90. The van der Waals surface area contributed by atoms with Crippen LogP contribution < -0.4 is 5.32 Å². The lowest BCUT2D eigenvalue weighted by Crippen LogP contribution is -2.17. The molecule has 32 heavy (non-hydrogen) atoms. The third-order valence-electron chi connectivity index (χ3n) is 6.25. The summed E-state index contributed by atoms with van der Waals surface area (Å²) in [7, 11) is 0. The zero-order chi connectivity index (χ0) is 21.3. The zero-order valence-electron chi connectivity index (χ0n) is 17.8. The fourth-order valence-corrected chi connectivity index (χ4v) is 4.70. The molecule has 154 valence electrons. The number of hydrogen-bond donors (Lipinski definition) is 1. The molecular weight excluding hydrogens is 388 g/mol. The van der Waals surface area contributed by atoms with E-state index in [1.807, 2.05) is 6.07 Å². The average molecular weight is 413 g/mol. The van der Waals surface area contributed by atoms with Crippen molar-refractivity contribution in [2.75, 3.05) is 5.32 Å². The molecule has 0 aliphatic heterocycles. The monoisotopic (exact) mass is 412 g/mol. The van der Waals surface area contributed by atoms with Crippen LogP contribution in [-0.2, 0) is 0 Å². The lowest BCUT2D eigenvalue weighted by atomic mass is 9.96. The van der Waals surface area contributed by atoms with E-state index >= 15 is 0 Å². The first-order valence-corrected chi connectivity index (χ1v) is 11.2. The number of aromatic nitrogens is 1. The van der Waals surface area contributed by atoms with Gasteiger partial charge in [-0.25, -0.2) is 0 Å².